The van der Waals surface area contributed by atoms with Gasteiger partial charge in [-0.25, -0.2) is 10.0 Å². The van der Waals surface area contributed by atoms with E-state index in [0.29, 0.717) is 12.1 Å². The molecule has 3 rings (SSSR count). The van der Waals surface area contributed by atoms with Crippen LogP contribution in [0.5, 0.6) is 0 Å². The number of nitrogens with zero attached hydrogens (tertiary/aromatic N) is 2. The summed E-state index contributed by atoms with van der Waals surface area (Å²) in [4.78, 5) is 0. The Balaban J connectivity index is 1.95. The van der Waals surface area contributed by atoms with Crippen LogP contribution in [0.4, 0.5) is 0 Å². The summed E-state index contributed by atoms with van der Waals surface area (Å²) in [5.74, 6) is 0. The number of aryl methyl sites for hydroxylation is 4. The fourth-order valence-electron chi connectivity index (χ4n) is 4.01. The van der Waals surface area contributed by atoms with Gasteiger partial charge in [0.15, 0.2) is 0 Å². The van der Waals surface area contributed by atoms with Gasteiger partial charge in [-0.3, -0.25) is 0 Å². The van der Waals surface area contributed by atoms with Crippen LogP contribution in [-0.2, 0) is 0 Å². The largest absolute Gasteiger partial charge is 0.237 e. The Bertz CT molecular complexity index is 658. The predicted octanol–water partition coefficient (Wildman–Crippen LogP) is 4.88. The molecule has 2 heteroatoms. The molecule has 0 N–H and O–H groups in total. The summed E-state index contributed by atoms with van der Waals surface area (Å²) in [6.45, 7) is 8.81. The zero-order valence-electron chi connectivity index (χ0n) is 15.2. The maximum atomic E-state index is 2.40. The summed E-state index contributed by atoms with van der Waals surface area (Å²) in [7, 11) is 4.43. The molecule has 1 saturated heterocycles. The highest BCUT2D eigenvalue weighted by atomic mass is 15.6. The minimum absolute atomic E-state index is 0.450. The van der Waals surface area contributed by atoms with Gasteiger partial charge in [-0.2, -0.15) is 0 Å². The molecule has 0 spiro atoms. The third kappa shape index (κ3) is 2.93. The summed E-state index contributed by atoms with van der Waals surface area (Å²) >= 11 is 0. The van der Waals surface area contributed by atoms with Crippen molar-refractivity contribution in [1.29, 1.82) is 0 Å². The highest BCUT2D eigenvalue weighted by molar-refractivity contribution is 5.36. The molecular weight excluding hydrogens is 280 g/mol. The van der Waals surface area contributed by atoms with Crippen molar-refractivity contribution < 1.29 is 0 Å². The zero-order valence-corrected chi connectivity index (χ0v) is 15.2. The summed E-state index contributed by atoms with van der Waals surface area (Å²) in [6, 6.07) is 14.6. The summed E-state index contributed by atoms with van der Waals surface area (Å²) < 4.78 is 0. The van der Waals surface area contributed by atoms with Crippen LogP contribution in [0.2, 0.25) is 0 Å². The number of hydrogen-bond acceptors (Lipinski definition) is 2. The van der Waals surface area contributed by atoms with Gasteiger partial charge >= 0.3 is 0 Å². The predicted molar refractivity (Wildman–Crippen MR) is 97.5 cm³/mol. The smallest absolute Gasteiger partial charge is 0.0513 e. The highest BCUT2D eigenvalue weighted by Gasteiger charge is 2.37. The molecule has 2 atom stereocenters. The van der Waals surface area contributed by atoms with Crippen molar-refractivity contribution in [2.45, 2.75) is 46.2 Å². The van der Waals surface area contributed by atoms with E-state index >= 15 is 0 Å². The highest BCUT2D eigenvalue weighted by Crippen LogP contribution is 2.43. The standard InChI is InChI=1S/C21H28N2/c1-14-7-9-18(16(3)11-14)20-13-21(23(6)22(20)5)19-10-8-15(2)12-17(19)4/h7-12,20-21H,13H2,1-6H3. The lowest BCUT2D eigenvalue weighted by Gasteiger charge is -2.29. The zero-order chi connectivity index (χ0) is 16.7. The van der Waals surface area contributed by atoms with E-state index in [9.17, 15) is 0 Å². The lowest BCUT2D eigenvalue weighted by Crippen LogP contribution is -2.32. The van der Waals surface area contributed by atoms with Crippen LogP contribution in [-0.4, -0.2) is 24.1 Å². The van der Waals surface area contributed by atoms with Gasteiger partial charge in [-0.1, -0.05) is 47.5 Å². The first-order valence-corrected chi connectivity index (χ1v) is 8.48. The van der Waals surface area contributed by atoms with Crippen molar-refractivity contribution in [3.05, 3.63) is 69.8 Å². The molecule has 1 aliphatic rings. The van der Waals surface area contributed by atoms with Crippen LogP contribution in [0.15, 0.2) is 36.4 Å². The maximum Gasteiger partial charge on any atom is 0.0513 e. The Hall–Kier alpha value is -1.64. The van der Waals surface area contributed by atoms with E-state index in [1.165, 1.54) is 33.4 Å². The monoisotopic (exact) mass is 308 g/mol. The van der Waals surface area contributed by atoms with E-state index < -0.39 is 0 Å². The van der Waals surface area contributed by atoms with Crippen LogP contribution < -0.4 is 0 Å². The van der Waals surface area contributed by atoms with Gasteiger partial charge in [0.25, 0.3) is 0 Å². The number of hydrogen-bond donors (Lipinski definition) is 0. The molecule has 0 aromatic heterocycles. The fraction of sp³-hybridized carbons (Fsp3) is 0.429. The molecule has 0 amide bonds. The Morgan fingerprint density at radius 2 is 1.09 bits per heavy atom. The Labute approximate surface area is 140 Å². The third-order valence-electron chi connectivity index (χ3n) is 5.41. The third-order valence-corrected chi connectivity index (χ3v) is 5.41. The van der Waals surface area contributed by atoms with Crippen LogP contribution in [0.1, 0.15) is 51.9 Å². The van der Waals surface area contributed by atoms with Crippen molar-refractivity contribution in [2.24, 2.45) is 0 Å². The first kappa shape index (κ1) is 16.2. The number of hydrazine groups is 1. The van der Waals surface area contributed by atoms with Crippen molar-refractivity contribution in [2.75, 3.05) is 14.1 Å². The molecule has 0 saturated carbocycles. The van der Waals surface area contributed by atoms with E-state index in [4.69, 9.17) is 0 Å². The van der Waals surface area contributed by atoms with E-state index in [2.05, 4.69) is 88.2 Å². The van der Waals surface area contributed by atoms with Crippen LogP contribution >= 0.6 is 0 Å². The Morgan fingerprint density at radius 3 is 1.43 bits per heavy atom. The summed E-state index contributed by atoms with van der Waals surface area (Å²) in [5, 5.41) is 4.81. The fourth-order valence-corrected chi connectivity index (χ4v) is 4.01. The number of rotatable bonds is 2. The van der Waals surface area contributed by atoms with Crippen molar-refractivity contribution in [3.8, 4) is 0 Å². The normalized spacial score (nSPS) is 22.7. The molecule has 1 aliphatic heterocycles. The average Bonchev–Trinajstić information content (AvgIpc) is 2.76. The number of benzene rings is 2. The van der Waals surface area contributed by atoms with E-state index in [1.54, 1.807) is 0 Å². The van der Waals surface area contributed by atoms with E-state index in [-0.39, 0.29) is 0 Å². The Kier molecular flexibility index (Phi) is 4.31. The van der Waals surface area contributed by atoms with Crippen LogP contribution in [0.3, 0.4) is 0 Å². The van der Waals surface area contributed by atoms with Gasteiger partial charge in [0.2, 0.25) is 0 Å². The SMILES string of the molecule is Cc1ccc(C2CC(c3ccc(C)cc3C)N(C)N2C)c(C)c1. The lowest BCUT2D eigenvalue weighted by molar-refractivity contribution is 0.0249. The van der Waals surface area contributed by atoms with E-state index in [0.717, 1.165) is 6.42 Å². The summed E-state index contributed by atoms with van der Waals surface area (Å²) in [5.41, 5.74) is 8.39. The Morgan fingerprint density at radius 1 is 0.696 bits per heavy atom. The van der Waals surface area contributed by atoms with Gasteiger partial charge in [-0.05, 0) is 56.4 Å². The summed E-state index contributed by atoms with van der Waals surface area (Å²) in [6.07, 6.45) is 1.14. The molecule has 122 valence electrons. The van der Waals surface area contributed by atoms with Crippen molar-refractivity contribution >= 4 is 0 Å². The molecule has 1 heterocycles. The molecule has 2 unspecified atom stereocenters. The van der Waals surface area contributed by atoms with Gasteiger partial charge in [0.1, 0.15) is 0 Å². The minimum atomic E-state index is 0.450. The second kappa shape index (κ2) is 6.10. The minimum Gasteiger partial charge on any atom is -0.237 e. The molecule has 0 bridgehead atoms. The van der Waals surface area contributed by atoms with Gasteiger partial charge in [0, 0.05) is 14.1 Å². The average molecular weight is 308 g/mol. The molecule has 0 aliphatic carbocycles. The maximum absolute atomic E-state index is 2.40. The van der Waals surface area contributed by atoms with Gasteiger partial charge in [-0.15, -0.1) is 0 Å². The molecule has 1 fully saturated rings. The first-order valence-electron chi connectivity index (χ1n) is 8.48. The van der Waals surface area contributed by atoms with Gasteiger partial charge < -0.3 is 0 Å². The topological polar surface area (TPSA) is 6.48 Å². The molecule has 23 heavy (non-hydrogen) atoms. The molecule has 2 aromatic carbocycles. The van der Waals surface area contributed by atoms with Crippen molar-refractivity contribution in [3.63, 3.8) is 0 Å². The first-order chi connectivity index (χ1) is 10.9. The second-order valence-electron chi connectivity index (χ2n) is 7.13. The van der Waals surface area contributed by atoms with Crippen LogP contribution in [0, 0.1) is 27.7 Å². The second-order valence-corrected chi connectivity index (χ2v) is 7.13. The molecule has 2 nitrogen and oxygen atoms in total. The van der Waals surface area contributed by atoms with Gasteiger partial charge in [0.05, 0.1) is 12.1 Å². The quantitative estimate of drug-likeness (QED) is 0.780. The molecule has 0 radical (unpaired) electrons. The van der Waals surface area contributed by atoms with Crippen LogP contribution in [0.25, 0.3) is 0 Å². The molecular formula is C21H28N2. The lowest BCUT2D eigenvalue weighted by atomic mass is 9.91. The molecule has 2 aromatic rings. The van der Waals surface area contributed by atoms with Crippen molar-refractivity contribution in [1.82, 2.24) is 10.0 Å². The van der Waals surface area contributed by atoms with E-state index in [1.807, 2.05) is 0 Å².